The third-order valence-electron chi connectivity index (χ3n) is 1.76. The zero-order chi connectivity index (χ0) is 10.6. The molecule has 4 nitrogen and oxygen atoms in total. The monoisotopic (exact) mass is 194 g/mol. The summed E-state index contributed by atoms with van der Waals surface area (Å²) in [6.45, 7) is 1.77. The molecule has 0 spiro atoms. The van der Waals surface area contributed by atoms with E-state index in [2.05, 4.69) is 0 Å². The number of benzene rings is 1. The van der Waals surface area contributed by atoms with Gasteiger partial charge in [0.2, 0.25) is 0 Å². The second-order valence-electron chi connectivity index (χ2n) is 3.12. The number of primary amides is 1. The molecule has 0 aliphatic rings. The molecule has 4 N–H and O–H groups in total. The third kappa shape index (κ3) is 3.06. The minimum absolute atomic E-state index is 0.0490. The predicted molar refractivity (Wildman–Crippen MR) is 53.7 cm³/mol. The quantitative estimate of drug-likeness (QED) is 0.735. The Morgan fingerprint density at radius 2 is 2.29 bits per heavy atom. The molecule has 0 fully saturated rings. The molecule has 0 aliphatic heterocycles. The van der Waals surface area contributed by atoms with E-state index in [1.54, 1.807) is 12.1 Å². The van der Waals surface area contributed by atoms with Crippen molar-refractivity contribution in [2.45, 2.75) is 13.0 Å². The molecule has 14 heavy (non-hydrogen) atoms. The van der Waals surface area contributed by atoms with Gasteiger partial charge in [0.15, 0.2) is 6.61 Å². The van der Waals surface area contributed by atoms with Crippen LogP contribution in [0, 0.1) is 0 Å². The van der Waals surface area contributed by atoms with Gasteiger partial charge in [-0.3, -0.25) is 4.79 Å². The van der Waals surface area contributed by atoms with E-state index < -0.39 is 5.91 Å². The Kier molecular flexibility index (Phi) is 3.48. The van der Waals surface area contributed by atoms with Gasteiger partial charge in [0.1, 0.15) is 5.75 Å². The molecule has 0 aliphatic carbocycles. The number of carbonyl (C=O) groups is 1. The number of carbonyl (C=O) groups excluding carboxylic acids is 1. The highest BCUT2D eigenvalue weighted by Gasteiger charge is 2.01. The van der Waals surface area contributed by atoms with Gasteiger partial charge in [0, 0.05) is 6.04 Å². The summed E-state index contributed by atoms with van der Waals surface area (Å²) in [5.41, 5.74) is 11.6. The fourth-order valence-electron chi connectivity index (χ4n) is 1.04. The summed E-state index contributed by atoms with van der Waals surface area (Å²) in [5, 5.41) is 0. The van der Waals surface area contributed by atoms with Crippen LogP contribution in [0.2, 0.25) is 0 Å². The fourth-order valence-corrected chi connectivity index (χ4v) is 1.04. The van der Waals surface area contributed by atoms with Gasteiger partial charge in [0.05, 0.1) is 0 Å². The lowest BCUT2D eigenvalue weighted by molar-refractivity contribution is -0.119. The Labute approximate surface area is 82.8 Å². The molecule has 0 bridgehead atoms. The van der Waals surface area contributed by atoms with Crippen molar-refractivity contribution in [3.8, 4) is 5.75 Å². The molecule has 1 aromatic carbocycles. The van der Waals surface area contributed by atoms with Gasteiger partial charge in [-0.15, -0.1) is 0 Å². The van der Waals surface area contributed by atoms with Crippen LogP contribution in [-0.2, 0) is 4.79 Å². The zero-order valence-electron chi connectivity index (χ0n) is 8.07. The molecule has 1 aromatic rings. The van der Waals surface area contributed by atoms with Crippen molar-refractivity contribution in [2.24, 2.45) is 11.5 Å². The normalized spacial score (nSPS) is 12.1. The van der Waals surface area contributed by atoms with Crippen molar-refractivity contribution in [2.75, 3.05) is 6.61 Å². The van der Waals surface area contributed by atoms with Gasteiger partial charge < -0.3 is 16.2 Å². The Morgan fingerprint density at radius 1 is 1.57 bits per heavy atom. The molecule has 1 rings (SSSR count). The largest absolute Gasteiger partial charge is 0.484 e. The summed E-state index contributed by atoms with van der Waals surface area (Å²) in [4.78, 5) is 10.5. The van der Waals surface area contributed by atoms with E-state index in [-0.39, 0.29) is 12.6 Å². The molecule has 76 valence electrons. The van der Waals surface area contributed by atoms with Crippen molar-refractivity contribution in [3.63, 3.8) is 0 Å². The molecule has 0 saturated carbocycles. The van der Waals surface area contributed by atoms with Gasteiger partial charge in [-0.05, 0) is 24.6 Å². The average molecular weight is 194 g/mol. The van der Waals surface area contributed by atoms with Crippen LogP contribution in [0.3, 0.4) is 0 Å². The summed E-state index contributed by atoms with van der Waals surface area (Å²) in [7, 11) is 0. The molecular weight excluding hydrogens is 180 g/mol. The van der Waals surface area contributed by atoms with Crippen LogP contribution in [-0.4, -0.2) is 12.5 Å². The van der Waals surface area contributed by atoms with Crippen LogP contribution in [0.1, 0.15) is 18.5 Å². The van der Waals surface area contributed by atoms with Crippen LogP contribution in [0.4, 0.5) is 0 Å². The molecule has 1 amide bonds. The van der Waals surface area contributed by atoms with E-state index in [4.69, 9.17) is 16.2 Å². The molecule has 0 unspecified atom stereocenters. The van der Waals surface area contributed by atoms with Crippen molar-refractivity contribution in [1.82, 2.24) is 0 Å². The van der Waals surface area contributed by atoms with E-state index in [1.807, 2.05) is 19.1 Å². The smallest absolute Gasteiger partial charge is 0.255 e. The van der Waals surface area contributed by atoms with Gasteiger partial charge in [-0.2, -0.15) is 0 Å². The highest BCUT2D eigenvalue weighted by molar-refractivity contribution is 5.75. The SMILES string of the molecule is C[C@H](N)c1cccc(OCC(N)=O)c1. The lowest BCUT2D eigenvalue weighted by Gasteiger charge is -2.08. The summed E-state index contributed by atoms with van der Waals surface area (Å²) in [5.74, 6) is 0.120. The van der Waals surface area contributed by atoms with Crippen molar-refractivity contribution >= 4 is 5.91 Å². The molecule has 0 radical (unpaired) electrons. The van der Waals surface area contributed by atoms with Gasteiger partial charge in [0.25, 0.3) is 5.91 Å². The third-order valence-corrected chi connectivity index (χ3v) is 1.76. The zero-order valence-corrected chi connectivity index (χ0v) is 8.07. The fraction of sp³-hybridized carbons (Fsp3) is 0.300. The minimum Gasteiger partial charge on any atom is -0.484 e. The summed E-state index contributed by atoms with van der Waals surface area (Å²) in [6.07, 6.45) is 0. The van der Waals surface area contributed by atoms with E-state index >= 15 is 0 Å². The Morgan fingerprint density at radius 3 is 2.86 bits per heavy atom. The highest BCUT2D eigenvalue weighted by atomic mass is 16.5. The van der Waals surface area contributed by atoms with Crippen LogP contribution in [0.25, 0.3) is 0 Å². The minimum atomic E-state index is -0.490. The molecule has 0 saturated heterocycles. The van der Waals surface area contributed by atoms with Crippen LogP contribution in [0.5, 0.6) is 5.75 Å². The van der Waals surface area contributed by atoms with E-state index in [0.29, 0.717) is 5.75 Å². The molecule has 4 heteroatoms. The number of ether oxygens (including phenoxy) is 1. The average Bonchev–Trinajstić information content (AvgIpc) is 2.15. The standard InChI is InChI=1S/C10H14N2O2/c1-7(11)8-3-2-4-9(5-8)14-6-10(12)13/h2-5,7H,6,11H2,1H3,(H2,12,13)/t7-/m0/s1. The van der Waals surface area contributed by atoms with Crippen molar-refractivity contribution in [1.29, 1.82) is 0 Å². The first-order chi connectivity index (χ1) is 6.59. The molecule has 0 heterocycles. The topological polar surface area (TPSA) is 78.3 Å². The highest BCUT2D eigenvalue weighted by Crippen LogP contribution is 2.17. The maximum atomic E-state index is 10.5. The molecular formula is C10H14N2O2. The van der Waals surface area contributed by atoms with Crippen LogP contribution < -0.4 is 16.2 Å². The maximum absolute atomic E-state index is 10.5. The number of hydrogen-bond acceptors (Lipinski definition) is 3. The first-order valence-electron chi connectivity index (χ1n) is 4.36. The summed E-state index contributed by atoms with van der Waals surface area (Å²) < 4.78 is 5.13. The first kappa shape index (κ1) is 10.5. The number of rotatable bonds is 4. The second-order valence-corrected chi connectivity index (χ2v) is 3.12. The Balaban J connectivity index is 2.68. The van der Waals surface area contributed by atoms with Gasteiger partial charge in [-0.1, -0.05) is 12.1 Å². The number of amides is 1. The van der Waals surface area contributed by atoms with E-state index in [1.165, 1.54) is 0 Å². The maximum Gasteiger partial charge on any atom is 0.255 e. The number of hydrogen-bond donors (Lipinski definition) is 2. The molecule has 1 atom stereocenters. The lowest BCUT2D eigenvalue weighted by atomic mass is 10.1. The summed E-state index contributed by atoms with van der Waals surface area (Å²) in [6, 6.07) is 7.24. The van der Waals surface area contributed by atoms with Gasteiger partial charge in [-0.25, -0.2) is 0 Å². The van der Waals surface area contributed by atoms with Crippen molar-refractivity contribution < 1.29 is 9.53 Å². The first-order valence-corrected chi connectivity index (χ1v) is 4.36. The van der Waals surface area contributed by atoms with Crippen molar-refractivity contribution in [3.05, 3.63) is 29.8 Å². The second kappa shape index (κ2) is 4.62. The predicted octanol–water partition coefficient (Wildman–Crippen LogP) is 0.570. The van der Waals surface area contributed by atoms with E-state index in [9.17, 15) is 4.79 Å². The van der Waals surface area contributed by atoms with Gasteiger partial charge >= 0.3 is 0 Å². The Hall–Kier alpha value is -1.55. The molecule has 0 aromatic heterocycles. The summed E-state index contributed by atoms with van der Waals surface area (Å²) >= 11 is 0. The van der Waals surface area contributed by atoms with Crippen LogP contribution in [0.15, 0.2) is 24.3 Å². The van der Waals surface area contributed by atoms with Crippen LogP contribution >= 0.6 is 0 Å². The van der Waals surface area contributed by atoms with E-state index in [0.717, 1.165) is 5.56 Å². The lowest BCUT2D eigenvalue weighted by Crippen LogP contribution is -2.20. The Bertz CT molecular complexity index is 324. The number of nitrogens with two attached hydrogens (primary N) is 2.